The number of hydrogen-bond acceptors (Lipinski definition) is 4. The highest BCUT2D eigenvalue weighted by molar-refractivity contribution is 8.00. The monoisotopic (exact) mass is 459 g/mol. The smallest absolute Gasteiger partial charge is 0.254 e. The number of benzene rings is 1. The largest absolute Gasteiger partial charge is 0.342 e. The van der Waals surface area contributed by atoms with Crippen LogP contribution >= 0.6 is 11.8 Å². The van der Waals surface area contributed by atoms with E-state index in [1.165, 1.54) is 63.1 Å². The molecule has 2 aliphatic rings. The maximum absolute atomic E-state index is 13.2. The van der Waals surface area contributed by atoms with Crippen LogP contribution in [-0.4, -0.2) is 78.6 Å². The molecule has 5 nitrogen and oxygen atoms in total. The summed E-state index contributed by atoms with van der Waals surface area (Å²) in [5, 5.41) is 0. The fourth-order valence-corrected chi connectivity index (χ4v) is 5.97. The molecule has 0 saturated heterocycles. The second kappa shape index (κ2) is 12.6. The van der Waals surface area contributed by atoms with E-state index in [-0.39, 0.29) is 11.8 Å². The molecule has 0 spiro atoms. The number of carbonyl (C=O) groups is 2. The zero-order chi connectivity index (χ0) is 22.9. The Bertz CT molecular complexity index is 744. The van der Waals surface area contributed by atoms with Crippen molar-refractivity contribution >= 4 is 23.6 Å². The standard InChI is InChI=1S/C26H41N3O2S/c1-27(21-12-6-4-7-13-21)18-19-28(2)26(31)23-16-10-11-17-24(23)32-20-25(30)29(3)22-14-8-5-9-15-22/h10-11,16-17,21-22H,4-9,12-15,18-20H2,1-3H3. The molecule has 1 aromatic carbocycles. The van der Waals surface area contributed by atoms with Crippen LogP contribution in [0.1, 0.15) is 74.6 Å². The summed E-state index contributed by atoms with van der Waals surface area (Å²) >= 11 is 1.49. The van der Waals surface area contributed by atoms with Gasteiger partial charge in [0.2, 0.25) is 5.91 Å². The average Bonchev–Trinajstić information content (AvgIpc) is 2.85. The molecule has 0 radical (unpaired) electrons. The lowest BCUT2D eigenvalue weighted by Crippen LogP contribution is -2.40. The summed E-state index contributed by atoms with van der Waals surface area (Å²) in [6.45, 7) is 1.61. The first-order chi connectivity index (χ1) is 15.5. The first-order valence-electron chi connectivity index (χ1n) is 12.4. The molecular weight excluding hydrogens is 418 g/mol. The molecule has 2 aliphatic carbocycles. The molecule has 2 fully saturated rings. The molecule has 0 unspecified atom stereocenters. The number of hydrogen-bond donors (Lipinski definition) is 0. The van der Waals surface area contributed by atoms with Crippen LogP contribution in [0, 0.1) is 0 Å². The van der Waals surface area contributed by atoms with Crippen LogP contribution < -0.4 is 0 Å². The van der Waals surface area contributed by atoms with Crippen molar-refractivity contribution in [2.45, 2.75) is 81.2 Å². The topological polar surface area (TPSA) is 43.9 Å². The molecule has 32 heavy (non-hydrogen) atoms. The summed E-state index contributed by atoms with van der Waals surface area (Å²) < 4.78 is 0. The Balaban J connectivity index is 1.52. The Labute approximate surface area is 198 Å². The van der Waals surface area contributed by atoms with Crippen molar-refractivity contribution in [3.05, 3.63) is 29.8 Å². The lowest BCUT2D eigenvalue weighted by atomic mass is 9.94. The Morgan fingerprint density at radius 2 is 1.44 bits per heavy atom. The molecule has 178 valence electrons. The van der Waals surface area contributed by atoms with Crippen LogP contribution in [0.2, 0.25) is 0 Å². The van der Waals surface area contributed by atoms with Crippen LogP contribution in [0.25, 0.3) is 0 Å². The van der Waals surface area contributed by atoms with Crippen molar-refractivity contribution in [2.24, 2.45) is 0 Å². The van der Waals surface area contributed by atoms with E-state index >= 15 is 0 Å². The fourth-order valence-electron chi connectivity index (χ4n) is 5.00. The molecule has 0 aromatic heterocycles. The van der Waals surface area contributed by atoms with Gasteiger partial charge in [0.15, 0.2) is 0 Å². The highest BCUT2D eigenvalue weighted by Crippen LogP contribution is 2.26. The van der Waals surface area contributed by atoms with Crippen molar-refractivity contribution in [1.29, 1.82) is 0 Å². The van der Waals surface area contributed by atoms with Crippen molar-refractivity contribution in [3.63, 3.8) is 0 Å². The Morgan fingerprint density at radius 3 is 2.09 bits per heavy atom. The quantitative estimate of drug-likeness (QED) is 0.492. The van der Waals surface area contributed by atoms with E-state index in [0.717, 1.165) is 24.3 Å². The Kier molecular flexibility index (Phi) is 9.92. The van der Waals surface area contributed by atoms with Gasteiger partial charge in [-0.05, 0) is 44.9 Å². The zero-order valence-electron chi connectivity index (χ0n) is 20.2. The molecule has 0 heterocycles. The average molecular weight is 460 g/mol. The van der Waals surface area contributed by atoms with E-state index in [0.29, 0.717) is 29.9 Å². The number of carbonyl (C=O) groups excluding carboxylic acids is 2. The number of thioether (sulfide) groups is 1. The summed E-state index contributed by atoms with van der Waals surface area (Å²) in [5.74, 6) is 0.579. The molecule has 3 rings (SSSR count). The highest BCUT2D eigenvalue weighted by atomic mass is 32.2. The molecule has 6 heteroatoms. The van der Waals surface area contributed by atoms with Crippen LogP contribution in [0.15, 0.2) is 29.2 Å². The zero-order valence-corrected chi connectivity index (χ0v) is 21.0. The lowest BCUT2D eigenvalue weighted by Gasteiger charge is -2.32. The van der Waals surface area contributed by atoms with Gasteiger partial charge in [0.25, 0.3) is 5.91 Å². The third-order valence-electron chi connectivity index (χ3n) is 7.32. The molecule has 2 amide bonds. The molecule has 1 aromatic rings. The Hall–Kier alpha value is -1.53. The molecule has 0 bridgehead atoms. The van der Waals surface area contributed by atoms with Gasteiger partial charge in [-0.25, -0.2) is 0 Å². The van der Waals surface area contributed by atoms with Gasteiger partial charge < -0.3 is 14.7 Å². The summed E-state index contributed by atoms with van der Waals surface area (Å²) in [4.78, 5) is 33.0. The van der Waals surface area contributed by atoms with E-state index in [1.54, 1.807) is 0 Å². The van der Waals surface area contributed by atoms with E-state index in [2.05, 4.69) is 11.9 Å². The summed E-state index contributed by atoms with van der Waals surface area (Å²) in [5.41, 5.74) is 0.702. The minimum Gasteiger partial charge on any atom is -0.342 e. The first kappa shape index (κ1) is 25.1. The van der Waals surface area contributed by atoms with E-state index in [9.17, 15) is 9.59 Å². The SMILES string of the molecule is CN(CCN(C)C1CCCCC1)C(=O)c1ccccc1SCC(=O)N(C)C1CCCCC1. The predicted molar refractivity (Wildman–Crippen MR) is 133 cm³/mol. The van der Waals surface area contributed by atoms with Gasteiger partial charge in [0, 0.05) is 44.2 Å². The second-order valence-electron chi connectivity index (χ2n) is 9.58. The maximum Gasteiger partial charge on any atom is 0.254 e. The first-order valence-corrected chi connectivity index (χ1v) is 13.4. The van der Waals surface area contributed by atoms with Crippen molar-refractivity contribution < 1.29 is 9.59 Å². The van der Waals surface area contributed by atoms with Crippen molar-refractivity contribution in [2.75, 3.05) is 40.0 Å². The molecular formula is C26H41N3O2S. The highest BCUT2D eigenvalue weighted by Gasteiger charge is 2.23. The number of nitrogens with zero attached hydrogens (tertiary/aromatic N) is 3. The van der Waals surface area contributed by atoms with E-state index < -0.39 is 0 Å². The van der Waals surface area contributed by atoms with Gasteiger partial charge in [-0.1, -0.05) is 50.7 Å². The number of likely N-dealkylation sites (N-methyl/N-ethyl adjacent to an activating group) is 2. The minimum atomic E-state index is 0.0400. The summed E-state index contributed by atoms with van der Waals surface area (Å²) in [6, 6.07) is 8.75. The van der Waals surface area contributed by atoms with E-state index in [4.69, 9.17) is 0 Å². The van der Waals surface area contributed by atoms with Crippen molar-refractivity contribution in [3.8, 4) is 0 Å². The molecule has 2 saturated carbocycles. The predicted octanol–water partition coefficient (Wildman–Crippen LogP) is 4.91. The molecule has 0 atom stereocenters. The summed E-state index contributed by atoms with van der Waals surface area (Å²) in [7, 11) is 6.01. The second-order valence-corrected chi connectivity index (χ2v) is 10.6. The third kappa shape index (κ3) is 6.98. The van der Waals surface area contributed by atoms with Gasteiger partial charge >= 0.3 is 0 Å². The van der Waals surface area contributed by atoms with Crippen LogP contribution in [0.5, 0.6) is 0 Å². The number of amides is 2. The maximum atomic E-state index is 13.2. The van der Waals surface area contributed by atoms with Crippen LogP contribution in [0.4, 0.5) is 0 Å². The molecule has 0 N–H and O–H groups in total. The molecule has 0 aliphatic heterocycles. The van der Waals surface area contributed by atoms with E-state index in [1.807, 2.05) is 48.2 Å². The fraction of sp³-hybridized carbons (Fsp3) is 0.692. The van der Waals surface area contributed by atoms with Crippen LogP contribution in [-0.2, 0) is 4.79 Å². The van der Waals surface area contributed by atoms with Gasteiger partial charge in [-0.2, -0.15) is 0 Å². The Morgan fingerprint density at radius 1 is 0.844 bits per heavy atom. The van der Waals surface area contributed by atoms with Crippen molar-refractivity contribution in [1.82, 2.24) is 14.7 Å². The van der Waals surface area contributed by atoms with Gasteiger partial charge in [0.05, 0.1) is 11.3 Å². The lowest BCUT2D eigenvalue weighted by molar-refractivity contribution is -0.129. The van der Waals surface area contributed by atoms with Gasteiger partial charge in [0.1, 0.15) is 0 Å². The third-order valence-corrected chi connectivity index (χ3v) is 8.38. The van der Waals surface area contributed by atoms with Gasteiger partial charge in [-0.3, -0.25) is 9.59 Å². The minimum absolute atomic E-state index is 0.0400. The van der Waals surface area contributed by atoms with Gasteiger partial charge in [-0.15, -0.1) is 11.8 Å². The summed E-state index contributed by atoms with van der Waals surface area (Å²) in [6.07, 6.45) is 12.5. The van der Waals surface area contributed by atoms with Crippen LogP contribution in [0.3, 0.4) is 0 Å². The number of rotatable bonds is 9. The normalized spacial score (nSPS) is 18.0.